The van der Waals surface area contributed by atoms with Crippen LogP contribution in [0.2, 0.25) is 0 Å². The van der Waals surface area contributed by atoms with Gasteiger partial charge < -0.3 is 9.47 Å². The van der Waals surface area contributed by atoms with Crippen molar-refractivity contribution in [1.29, 1.82) is 0 Å². The highest BCUT2D eigenvalue weighted by Gasteiger charge is 2.42. The second kappa shape index (κ2) is 9.65. The second-order valence-corrected chi connectivity index (χ2v) is 8.76. The summed E-state index contributed by atoms with van der Waals surface area (Å²) in [6, 6.07) is 27.6. The number of hydrogen-bond acceptors (Lipinski definition) is 5. The maximum atomic E-state index is 13.2. The molecule has 1 fully saturated rings. The van der Waals surface area contributed by atoms with Crippen molar-refractivity contribution in [2.75, 3.05) is 20.2 Å². The van der Waals surface area contributed by atoms with Crippen molar-refractivity contribution in [2.45, 2.75) is 25.0 Å². The summed E-state index contributed by atoms with van der Waals surface area (Å²) >= 11 is 0. The van der Waals surface area contributed by atoms with Crippen LogP contribution >= 0.6 is 0 Å². The molecule has 2 heterocycles. The van der Waals surface area contributed by atoms with E-state index >= 15 is 0 Å². The molecule has 5 heteroatoms. The summed E-state index contributed by atoms with van der Waals surface area (Å²) in [5, 5.41) is 2.01. The Hall–Kier alpha value is -3.70. The molecule has 0 atom stereocenters. The van der Waals surface area contributed by atoms with Gasteiger partial charge in [0, 0.05) is 44.1 Å². The number of esters is 1. The Labute approximate surface area is 200 Å². The number of nitrogens with zero attached hydrogens (tertiary/aromatic N) is 2. The Morgan fingerprint density at radius 2 is 1.65 bits per heavy atom. The fourth-order valence-electron chi connectivity index (χ4n) is 4.75. The van der Waals surface area contributed by atoms with Crippen LogP contribution in [0.25, 0.3) is 10.8 Å². The van der Waals surface area contributed by atoms with Crippen molar-refractivity contribution in [1.82, 2.24) is 9.88 Å². The van der Waals surface area contributed by atoms with Crippen LogP contribution in [0.4, 0.5) is 0 Å². The first-order valence-electron chi connectivity index (χ1n) is 11.6. The van der Waals surface area contributed by atoms with Gasteiger partial charge in [-0.05, 0) is 41.3 Å². The maximum Gasteiger partial charge on any atom is 0.339 e. The summed E-state index contributed by atoms with van der Waals surface area (Å²) < 4.78 is 11.8. The molecule has 1 aliphatic rings. The number of carbonyl (C=O) groups is 1. The first kappa shape index (κ1) is 22.1. The molecular formula is C29H28N2O3. The number of ether oxygens (including phenoxy) is 2. The van der Waals surface area contributed by atoms with Crippen molar-refractivity contribution in [3.8, 4) is 5.75 Å². The number of methoxy groups -OCH3 is 1. The molecule has 4 aromatic rings. The molecule has 0 amide bonds. The lowest BCUT2D eigenvalue weighted by Gasteiger charge is -2.41. The first-order valence-corrected chi connectivity index (χ1v) is 11.6. The monoisotopic (exact) mass is 452 g/mol. The van der Waals surface area contributed by atoms with E-state index in [4.69, 9.17) is 14.5 Å². The van der Waals surface area contributed by atoms with Crippen LogP contribution in [0.3, 0.4) is 0 Å². The number of carbonyl (C=O) groups excluding carboxylic acids is 1. The number of benzene rings is 3. The molecule has 1 aliphatic heterocycles. The van der Waals surface area contributed by atoms with E-state index in [0.29, 0.717) is 18.4 Å². The van der Waals surface area contributed by atoms with Crippen LogP contribution in [0.15, 0.2) is 91.1 Å². The maximum absolute atomic E-state index is 13.2. The van der Waals surface area contributed by atoms with E-state index in [1.54, 1.807) is 25.4 Å². The van der Waals surface area contributed by atoms with Gasteiger partial charge >= 0.3 is 5.97 Å². The van der Waals surface area contributed by atoms with E-state index in [2.05, 4.69) is 29.2 Å². The minimum atomic E-state index is -0.814. The molecule has 0 radical (unpaired) electrons. The smallest absolute Gasteiger partial charge is 0.339 e. The summed E-state index contributed by atoms with van der Waals surface area (Å²) in [5.74, 6) is 0.437. The molecule has 0 N–H and O–H groups in total. The number of pyridine rings is 1. The van der Waals surface area contributed by atoms with Crippen molar-refractivity contribution >= 4 is 16.7 Å². The normalized spacial score (nSPS) is 15.7. The molecule has 0 bridgehead atoms. The lowest BCUT2D eigenvalue weighted by atomic mass is 9.84. The van der Waals surface area contributed by atoms with Crippen LogP contribution in [-0.2, 0) is 16.9 Å². The minimum absolute atomic E-state index is 0.321. The van der Waals surface area contributed by atoms with Gasteiger partial charge in [0.15, 0.2) is 5.60 Å². The quantitative estimate of drug-likeness (QED) is 0.357. The van der Waals surface area contributed by atoms with Gasteiger partial charge in [-0.2, -0.15) is 0 Å². The number of hydrogen-bond donors (Lipinski definition) is 0. The van der Waals surface area contributed by atoms with Gasteiger partial charge in [0.2, 0.25) is 0 Å². The number of piperidine rings is 1. The molecule has 34 heavy (non-hydrogen) atoms. The van der Waals surface area contributed by atoms with Gasteiger partial charge in [-0.15, -0.1) is 0 Å². The molecule has 5 nitrogen and oxygen atoms in total. The highest BCUT2D eigenvalue weighted by molar-refractivity contribution is 5.91. The van der Waals surface area contributed by atoms with E-state index in [-0.39, 0.29) is 5.97 Å². The predicted octanol–water partition coefficient (Wildman–Crippen LogP) is 5.59. The molecular weight excluding hydrogens is 424 g/mol. The van der Waals surface area contributed by atoms with Crippen LogP contribution in [0.5, 0.6) is 5.75 Å². The van der Waals surface area contributed by atoms with Crippen LogP contribution < -0.4 is 4.74 Å². The topological polar surface area (TPSA) is 51.7 Å². The third-order valence-corrected chi connectivity index (χ3v) is 6.62. The molecule has 0 unspecified atom stereocenters. The largest absolute Gasteiger partial charge is 0.497 e. The summed E-state index contributed by atoms with van der Waals surface area (Å²) in [6.45, 7) is 2.48. The van der Waals surface area contributed by atoms with Crippen LogP contribution in [-0.4, -0.2) is 36.1 Å². The number of likely N-dealkylation sites (tertiary alicyclic amines) is 1. The fraction of sp³-hybridized carbons (Fsp3) is 0.241. The zero-order valence-electron chi connectivity index (χ0n) is 19.3. The molecule has 1 saturated heterocycles. The lowest BCUT2D eigenvalue weighted by Crippen LogP contribution is -2.45. The van der Waals surface area contributed by atoms with Gasteiger partial charge in [-0.1, -0.05) is 54.6 Å². The molecule has 5 rings (SSSR count). The highest BCUT2D eigenvalue weighted by Crippen LogP contribution is 2.40. The molecule has 0 aliphatic carbocycles. The minimum Gasteiger partial charge on any atom is -0.497 e. The number of aromatic nitrogens is 1. The van der Waals surface area contributed by atoms with E-state index in [1.165, 1.54) is 5.56 Å². The zero-order valence-corrected chi connectivity index (χ0v) is 19.3. The molecule has 0 spiro atoms. The van der Waals surface area contributed by atoms with Crippen molar-refractivity contribution < 1.29 is 14.3 Å². The Kier molecular flexibility index (Phi) is 6.28. The Morgan fingerprint density at radius 3 is 2.35 bits per heavy atom. The summed E-state index contributed by atoms with van der Waals surface area (Å²) in [6.07, 6.45) is 3.14. The fourth-order valence-corrected chi connectivity index (χ4v) is 4.75. The SMILES string of the molecule is COc1ccc2ccnc(C3(OC(=O)c4ccccc4)CCN(Cc4ccccc4)CC3)c2c1. The van der Waals surface area contributed by atoms with Crippen LogP contribution in [0.1, 0.15) is 34.5 Å². The van der Waals surface area contributed by atoms with Crippen LogP contribution in [0, 0.1) is 0 Å². The van der Waals surface area contributed by atoms with E-state index < -0.39 is 5.60 Å². The Morgan fingerprint density at radius 1 is 0.941 bits per heavy atom. The molecule has 172 valence electrons. The molecule has 1 aromatic heterocycles. The highest BCUT2D eigenvalue weighted by atomic mass is 16.6. The van der Waals surface area contributed by atoms with E-state index in [1.807, 2.05) is 48.5 Å². The van der Waals surface area contributed by atoms with Crippen molar-refractivity contribution in [3.05, 3.63) is 108 Å². The Balaban J connectivity index is 1.50. The second-order valence-electron chi connectivity index (χ2n) is 8.76. The van der Waals surface area contributed by atoms with E-state index in [9.17, 15) is 4.79 Å². The van der Waals surface area contributed by atoms with Gasteiger partial charge in [-0.25, -0.2) is 4.79 Å². The standard InChI is InChI=1S/C29H28N2O3/c1-33-25-13-12-23-14-17-30-27(26(23)20-25)29(34-28(32)24-10-6-3-7-11-24)15-18-31(19-16-29)21-22-8-4-2-5-9-22/h2-14,17,20H,15-16,18-19,21H2,1H3. The molecule has 3 aromatic carbocycles. The third-order valence-electron chi connectivity index (χ3n) is 6.62. The number of fused-ring (bicyclic) bond motifs is 1. The first-order chi connectivity index (χ1) is 16.7. The predicted molar refractivity (Wildman–Crippen MR) is 133 cm³/mol. The number of rotatable bonds is 6. The average Bonchev–Trinajstić information content (AvgIpc) is 2.90. The summed E-state index contributed by atoms with van der Waals surface area (Å²) in [7, 11) is 1.66. The van der Waals surface area contributed by atoms with Gasteiger partial charge in [0.1, 0.15) is 5.75 Å². The van der Waals surface area contributed by atoms with Gasteiger partial charge in [-0.3, -0.25) is 9.88 Å². The summed E-state index contributed by atoms with van der Waals surface area (Å²) in [5.41, 5.74) is 1.81. The summed E-state index contributed by atoms with van der Waals surface area (Å²) in [4.78, 5) is 20.4. The molecule has 0 saturated carbocycles. The zero-order chi connectivity index (χ0) is 23.4. The van der Waals surface area contributed by atoms with Crippen molar-refractivity contribution in [3.63, 3.8) is 0 Å². The Bertz CT molecular complexity index is 1270. The van der Waals surface area contributed by atoms with Gasteiger partial charge in [0.25, 0.3) is 0 Å². The average molecular weight is 453 g/mol. The lowest BCUT2D eigenvalue weighted by molar-refractivity contribution is -0.0581. The van der Waals surface area contributed by atoms with E-state index in [0.717, 1.165) is 41.9 Å². The van der Waals surface area contributed by atoms with Gasteiger partial charge in [0.05, 0.1) is 18.4 Å². The van der Waals surface area contributed by atoms with Crippen molar-refractivity contribution in [2.24, 2.45) is 0 Å². The third kappa shape index (κ3) is 4.52.